The van der Waals surface area contributed by atoms with Crippen molar-refractivity contribution in [2.45, 2.75) is 6.18 Å². The minimum Gasteiger partial charge on any atom is -0.493 e. The molecule has 1 aromatic rings. The Kier molecular flexibility index (Phi) is 5.39. The third-order valence-corrected chi connectivity index (χ3v) is 2.36. The van der Waals surface area contributed by atoms with Crippen LogP contribution in [-0.4, -0.2) is 39.6 Å². The second-order valence-electron chi connectivity index (χ2n) is 3.62. The first-order valence-corrected chi connectivity index (χ1v) is 5.54. The van der Waals surface area contributed by atoms with Crippen molar-refractivity contribution in [3.05, 3.63) is 17.7 Å². The Morgan fingerprint density at radius 2 is 1.76 bits per heavy atom. The van der Waals surface area contributed by atoms with Crippen molar-refractivity contribution in [2.75, 3.05) is 21.3 Å². The first kappa shape index (κ1) is 16.6. The van der Waals surface area contributed by atoms with Gasteiger partial charge in [0, 0.05) is 5.56 Å². The monoisotopic (exact) mass is 306 g/mol. The number of rotatable bonds is 5. The standard InChI is InChI=1S/C12H13F3N2O4/c1-19-8-5-4-7(9(20-2)10(8)21-3)6-16-17-11(18)12(13,14)15/h4-6H,1-3H3,(H,17,18). The van der Waals surface area contributed by atoms with Gasteiger partial charge in [-0.25, -0.2) is 5.43 Å². The van der Waals surface area contributed by atoms with Gasteiger partial charge in [-0.3, -0.25) is 4.79 Å². The van der Waals surface area contributed by atoms with Crippen LogP contribution in [0, 0.1) is 0 Å². The zero-order valence-corrected chi connectivity index (χ0v) is 11.4. The molecule has 0 atom stereocenters. The van der Waals surface area contributed by atoms with Gasteiger partial charge < -0.3 is 14.2 Å². The average molecular weight is 306 g/mol. The molecule has 0 radical (unpaired) electrons. The fraction of sp³-hybridized carbons (Fsp3) is 0.333. The van der Waals surface area contributed by atoms with E-state index in [1.54, 1.807) is 0 Å². The van der Waals surface area contributed by atoms with Crippen LogP contribution in [0.15, 0.2) is 17.2 Å². The second-order valence-corrected chi connectivity index (χ2v) is 3.62. The molecule has 9 heteroatoms. The predicted molar refractivity (Wildman–Crippen MR) is 67.9 cm³/mol. The molecule has 0 saturated heterocycles. The molecule has 1 aromatic carbocycles. The first-order chi connectivity index (χ1) is 9.85. The molecule has 0 saturated carbocycles. The molecule has 6 nitrogen and oxygen atoms in total. The van der Waals surface area contributed by atoms with Crippen molar-refractivity contribution >= 4 is 12.1 Å². The summed E-state index contributed by atoms with van der Waals surface area (Å²) in [5, 5.41) is 3.23. The number of amides is 1. The number of methoxy groups -OCH3 is 3. The van der Waals surface area contributed by atoms with Crippen LogP contribution in [-0.2, 0) is 4.79 Å². The highest BCUT2D eigenvalue weighted by Gasteiger charge is 2.38. The summed E-state index contributed by atoms with van der Waals surface area (Å²) in [4.78, 5) is 10.6. The fourth-order valence-electron chi connectivity index (χ4n) is 1.45. The minimum absolute atomic E-state index is 0.210. The molecule has 0 heterocycles. The Balaban J connectivity index is 3.01. The van der Waals surface area contributed by atoms with Crippen LogP contribution in [0.5, 0.6) is 17.2 Å². The van der Waals surface area contributed by atoms with Crippen molar-refractivity contribution in [2.24, 2.45) is 5.10 Å². The molecule has 0 spiro atoms. The van der Waals surface area contributed by atoms with E-state index in [1.807, 2.05) is 0 Å². The largest absolute Gasteiger partial charge is 0.493 e. The van der Waals surface area contributed by atoms with E-state index in [2.05, 4.69) is 5.10 Å². The van der Waals surface area contributed by atoms with Crippen LogP contribution in [0.3, 0.4) is 0 Å². The van der Waals surface area contributed by atoms with Gasteiger partial charge in [-0.2, -0.15) is 18.3 Å². The van der Waals surface area contributed by atoms with Crippen LogP contribution in [0.25, 0.3) is 0 Å². The highest BCUT2D eigenvalue weighted by molar-refractivity contribution is 5.88. The van der Waals surface area contributed by atoms with Gasteiger partial charge in [-0.15, -0.1) is 0 Å². The zero-order valence-electron chi connectivity index (χ0n) is 11.4. The highest BCUT2D eigenvalue weighted by atomic mass is 19.4. The van der Waals surface area contributed by atoms with Gasteiger partial charge in [0.15, 0.2) is 11.5 Å². The summed E-state index contributed by atoms with van der Waals surface area (Å²) >= 11 is 0. The number of carbonyl (C=O) groups excluding carboxylic acids is 1. The van der Waals surface area contributed by atoms with Gasteiger partial charge in [0.05, 0.1) is 27.5 Å². The molecular weight excluding hydrogens is 293 g/mol. The van der Waals surface area contributed by atoms with Crippen molar-refractivity contribution in [1.82, 2.24) is 5.43 Å². The lowest BCUT2D eigenvalue weighted by Gasteiger charge is -2.13. The number of nitrogens with zero attached hydrogens (tertiary/aromatic N) is 1. The summed E-state index contributed by atoms with van der Waals surface area (Å²) in [7, 11) is 4.16. The highest BCUT2D eigenvalue weighted by Crippen LogP contribution is 2.38. The number of hydrogen-bond donors (Lipinski definition) is 1. The maximum atomic E-state index is 12.0. The molecule has 1 N–H and O–H groups in total. The molecule has 0 aliphatic heterocycles. The zero-order chi connectivity index (χ0) is 16.0. The van der Waals surface area contributed by atoms with Crippen molar-refractivity contribution in [3.8, 4) is 17.2 Å². The van der Waals surface area contributed by atoms with Crippen molar-refractivity contribution < 1.29 is 32.2 Å². The van der Waals surface area contributed by atoms with E-state index in [1.165, 1.54) is 38.9 Å². The van der Waals surface area contributed by atoms with E-state index in [0.717, 1.165) is 6.21 Å². The average Bonchev–Trinajstić information content (AvgIpc) is 2.45. The summed E-state index contributed by atoms with van der Waals surface area (Å²) in [6, 6.07) is 3.01. The van der Waals surface area contributed by atoms with Crippen LogP contribution in [0.2, 0.25) is 0 Å². The number of alkyl halides is 3. The second kappa shape index (κ2) is 6.82. The van der Waals surface area contributed by atoms with E-state index < -0.39 is 12.1 Å². The molecule has 0 aliphatic carbocycles. The number of hydrogen-bond acceptors (Lipinski definition) is 5. The maximum absolute atomic E-state index is 12.0. The molecule has 21 heavy (non-hydrogen) atoms. The van der Waals surface area contributed by atoms with Gasteiger partial charge in [0.2, 0.25) is 5.75 Å². The van der Waals surface area contributed by atoms with Gasteiger partial charge in [-0.05, 0) is 12.1 Å². The molecule has 0 bridgehead atoms. The van der Waals surface area contributed by atoms with E-state index in [-0.39, 0.29) is 11.5 Å². The first-order valence-electron chi connectivity index (χ1n) is 5.54. The topological polar surface area (TPSA) is 69.2 Å². The Bertz CT molecular complexity index is 544. The Morgan fingerprint density at radius 3 is 2.24 bits per heavy atom. The number of hydrazone groups is 1. The number of halogens is 3. The smallest absolute Gasteiger partial charge is 0.473 e. The Morgan fingerprint density at radius 1 is 1.14 bits per heavy atom. The molecule has 0 aliphatic rings. The summed E-state index contributed by atoms with van der Waals surface area (Å²) in [5.74, 6) is -1.32. The van der Waals surface area contributed by atoms with Crippen LogP contribution in [0.1, 0.15) is 5.56 Å². The van der Waals surface area contributed by atoms with Crippen LogP contribution in [0.4, 0.5) is 13.2 Å². The quantitative estimate of drug-likeness (QED) is 0.664. The third-order valence-electron chi connectivity index (χ3n) is 2.36. The molecule has 1 amide bonds. The van der Waals surface area contributed by atoms with Gasteiger partial charge in [0.1, 0.15) is 0 Å². The molecule has 1 rings (SSSR count). The molecule has 0 fully saturated rings. The lowest BCUT2D eigenvalue weighted by molar-refractivity contribution is -0.173. The summed E-state index contributed by atoms with van der Waals surface area (Å²) in [6.07, 6.45) is -4.00. The summed E-state index contributed by atoms with van der Waals surface area (Å²) in [6.45, 7) is 0. The maximum Gasteiger partial charge on any atom is 0.473 e. The van der Waals surface area contributed by atoms with Crippen LogP contribution < -0.4 is 19.6 Å². The number of nitrogens with one attached hydrogen (secondary N) is 1. The summed E-state index contributed by atoms with van der Waals surface area (Å²) < 4.78 is 51.2. The Hall–Kier alpha value is -2.45. The number of benzene rings is 1. The lowest BCUT2D eigenvalue weighted by Crippen LogP contribution is -2.33. The van der Waals surface area contributed by atoms with Gasteiger partial charge in [-0.1, -0.05) is 0 Å². The number of ether oxygens (including phenoxy) is 3. The van der Waals surface area contributed by atoms with E-state index in [4.69, 9.17) is 14.2 Å². The Labute approximate surface area is 118 Å². The SMILES string of the molecule is COc1ccc(C=NNC(=O)C(F)(F)F)c(OC)c1OC. The molecular formula is C12H13F3N2O4. The van der Waals surface area contributed by atoms with E-state index >= 15 is 0 Å². The van der Waals surface area contributed by atoms with E-state index in [9.17, 15) is 18.0 Å². The molecule has 0 unspecified atom stereocenters. The van der Waals surface area contributed by atoms with Crippen molar-refractivity contribution in [3.63, 3.8) is 0 Å². The number of carbonyl (C=O) groups is 1. The fourth-order valence-corrected chi connectivity index (χ4v) is 1.45. The minimum atomic E-state index is -5.00. The normalized spacial score (nSPS) is 11.3. The van der Waals surface area contributed by atoms with Crippen molar-refractivity contribution in [1.29, 1.82) is 0 Å². The summed E-state index contributed by atoms with van der Waals surface area (Å²) in [5.41, 5.74) is 1.67. The molecule has 0 aromatic heterocycles. The predicted octanol–water partition coefficient (Wildman–Crippen LogP) is 1.72. The lowest BCUT2D eigenvalue weighted by atomic mass is 10.2. The van der Waals surface area contributed by atoms with Gasteiger partial charge >= 0.3 is 12.1 Å². The van der Waals surface area contributed by atoms with E-state index in [0.29, 0.717) is 11.3 Å². The van der Waals surface area contributed by atoms with Crippen LogP contribution >= 0.6 is 0 Å². The van der Waals surface area contributed by atoms with Gasteiger partial charge in [0.25, 0.3) is 0 Å². The third kappa shape index (κ3) is 4.01. The molecule has 116 valence electrons.